The number of carbonyl (C=O) groups is 1. The summed E-state index contributed by atoms with van der Waals surface area (Å²) in [7, 11) is 3.22. The molecular weight excluding hydrogens is 482 g/mol. The number of benzene rings is 2. The van der Waals surface area contributed by atoms with Crippen molar-refractivity contribution in [2.24, 2.45) is 7.05 Å². The molecule has 0 aliphatic rings. The van der Waals surface area contributed by atoms with Gasteiger partial charge < -0.3 is 10.1 Å². The molecule has 0 aliphatic heterocycles. The number of halogens is 2. The van der Waals surface area contributed by atoms with Crippen LogP contribution < -0.4 is 15.6 Å². The number of ether oxygens (including phenoxy) is 1. The third-order valence-corrected chi connectivity index (χ3v) is 6.15. The van der Waals surface area contributed by atoms with Crippen molar-refractivity contribution in [3.8, 4) is 22.7 Å². The number of carbonyl (C=O) groups excluding carboxylic acids is 1. The van der Waals surface area contributed by atoms with Gasteiger partial charge in [0.1, 0.15) is 22.7 Å². The fraction of sp³-hybridized carbons (Fsp3) is 0.154. The Hall–Kier alpha value is -4.80. The van der Waals surface area contributed by atoms with E-state index in [-0.39, 0.29) is 22.6 Å². The van der Waals surface area contributed by atoms with Gasteiger partial charge in [-0.2, -0.15) is 5.10 Å². The first-order chi connectivity index (χ1) is 17.8. The van der Waals surface area contributed by atoms with E-state index in [1.165, 1.54) is 17.9 Å². The molecule has 0 spiro atoms. The van der Waals surface area contributed by atoms with Crippen molar-refractivity contribution in [2.45, 2.75) is 13.3 Å². The molecule has 3 aromatic heterocycles. The summed E-state index contributed by atoms with van der Waals surface area (Å²) in [5.74, 6) is -0.0941. The lowest BCUT2D eigenvalue weighted by atomic mass is 10.1. The number of hydrogen-bond acceptors (Lipinski definition) is 5. The molecule has 37 heavy (non-hydrogen) atoms. The van der Waals surface area contributed by atoms with Gasteiger partial charge in [0.2, 0.25) is 0 Å². The number of alkyl halides is 2. The topological polar surface area (TPSA) is 95.5 Å². The maximum Gasteiger partial charge on any atom is 0.295 e. The number of para-hydroxylation sites is 1. The normalized spacial score (nSPS) is 11.3. The van der Waals surface area contributed by atoms with E-state index in [0.717, 1.165) is 10.7 Å². The van der Waals surface area contributed by atoms with E-state index in [4.69, 9.17) is 4.74 Å². The Morgan fingerprint density at radius 3 is 2.43 bits per heavy atom. The molecular formula is C26H22F2N6O3. The third kappa shape index (κ3) is 4.14. The predicted molar refractivity (Wildman–Crippen MR) is 134 cm³/mol. The average Bonchev–Trinajstić information content (AvgIpc) is 3.43. The molecule has 5 rings (SSSR count). The van der Waals surface area contributed by atoms with Crippen LogP contribution in [0.25, 0.3) is 22.6 Å². The summed E-state index contributed by atoms with van der Waals surface area (Å²) in [4.78, 5) is 31.0. The molecule has 9 nitrogen and oxygen atoms in total. The van der Waals surface area contributed by atoms with Gasteiger partial charge in [0.15, 0.2) is 5.65 Å². The van der Waals surface area contributed by atoms with E-state index in [1.54, 1.807) is 67.2 Å². The van der Waals surface area contributed by atoms with Crippen LogP contribution in [0.4, 0.5) is 14.5 Å². The quantitative estimate of drug-likeness (QED) is 0.370. The van der Waals surface area contributed by atoms with E-state index in [9.17, 15) is 18.4 Å². The molecule has 0 bridgehead atoms. The number of rotatable bonds is 6. The number of methoxy groups -OCH3 is 1. The Balaban J connectivity index is 1.58. The van der Waals surface area contributed by atoms with Gasteiger partial charge in [-0.3, -0.25) is 14.3 Å². The van der Waals surface area contributed by atoms with Gasteiger partial charge in [-0.1, -0.05) is 18.2 Å². The number of nitrogens with one attached hydrogen (secondary N) is 1. The lowest BCUT2D eigenvalue weighted by molar-refractivity contribution is 0.102. The van der Waals surface area contributed by atoms with Crippen LogP contribution in [0.15, 0.2) is 71.7 Å². The van der Waals surface area contributed by atoms with Crippen LogP contribution in [-0.2, 0) is 7.05 Å². The van der Waals surface area contributed by atoms with Crippen molar-refractivity contribution in [2.75, 3.05) is 12.4 Å². The number of aromatic nitrogens is 5. The Kier molecular flexibility index (Phi) is 6.04. The maximum atomic E-state index is 13.9. The highest BCUT2D eigenvalue weighted by Crippen LogP contribution is 2.28. The Morgan fingerprint density at radius 2 is 1.78 bits per heavy atom. The van der Waals surface area contributed by atoms with Crippen molar-refractivity contribution in [3.63, 3.8) is 0 Å². The van der Waals surface area contributed by atoms with Crippen LogP contribution in [0.3, 0.4) is 0 Å². The first-order valence-corrected chi connectivity index (χ1v) is 11.3. The summed E-state index contributed by atoms with van der Waals surface area (Å²) < 4.78 is 37.0. The molecule has 0 radical (unpaired) electrons. The first kappa shape index (κ1) is 23.9. The summed E-state index contributed by atoms with van der Waals surface area (Å²) in [5, 5.41) is 6.62. The molecule has 0 fully saturated rings. The minimum atomic E-state index is -2.87. The Morgan fingerprint density at radius 1 is 1.08 bits per heavy atom. The second-order valence-corrected chi connectivity index (χ2v) is 8.28. The molecule has 0 saturated heterocycles. The zero-order chi connectivity index (χ0) is 26.3. The Bertz CT molecular complexity index is 1670. The van der Waals surface area contributed by atoms with Gasteiger partial charge in [0.25, 0.3) is 17.9 Å². The summed E-state index contributed by atoms with van der Waals surface area (Å²) in [6, 6.07) is 16.9. The molecule has 188 valence electrons. The fourth-order valence-electron chi connectivity index (χ4n) is 4.10. The monoisotopic (exact) mass is 504 g/mol. The second-order valence-electron chi connectivity index (χ2n) is 8.28. The number of fused-ring (bicyclic) bond motifs is 1. The molecule has 1 amide bonds. The fourth-order valence-corrected chi connectivity index (χ4v) is 4.10. The standard InChI is InChI=1S/C26H22F2N6O3/c1-15-22(26(36)34(32(15)2)17-7-5-4-6-8-17)31-25(35)19-14-29-33-21(23(27)28)13-20(30-24(19)33)16-9-11-18(37-3)12-10-16/h4-14,23H,1-3H3,(H,31,35). The minimum Gasteiger partial charge on any atom is -0.497 e. The molecule has 2 aromatic carbocycles. The zero-order valence-corrected chi connectivity index (χ0v) is 20.1. The lowest BCUT2D eigenvalue weighted by Crippen LogP contribution is -2.23. The summed E-state index contributed by atoms with van der Waals surface area (Å²) in [5.41, 5.74) is 1.04. The van der Waals surface area contributed by atoms with Crippen LogP contribution in [-0.4, -0.2) is 37.0 Å². The predicted octanol–water partition coefficient (Wildman–Crippen LogP) is 4.39. The molecule has 1 N–H and O–H groups in total. The molecule has 0 unspecified atom stereocenters. The highest BCUT2D eigenvalue weighted by molar-refractivity contribution is 6.08. The number of amides is 1. The molecule has 0 aliphatic carbocycles. The van der Waals surface area contributed by atoms with Crippen LogP contribution in [0.2, 0.25) is 0 Å². The molecule has 0 saturated carbocycles. The van der Waals surface area contributed by atoms with E-state index >= 15 is 0 Å². The number of nitrogens with zero attached hydrogens (tertiary/aromatic N) is 5. The van der Waals surface area contributed by atoms with Crippen LogP contribution in [0.1, 0.15) is 28.2 Å². The first-order valence-electron chi connectivity index (χ1n) is 11.3. The molecule has 5 aromatic rings. The zero-order valence-electron chi connectivity index (χ0n) is 20.1. The maximum absolute atomic E-state index is 13.9. The van der Waals surface area contributed by atoms with E-state index in [1.807, 2.05) is 6.07 Å². The number of hydrogen-bond donors (Lipinski definition) is 1. The van der Waals surface area contributed by atoms with E-state index in [0.29, 0.717) is 22.7 Å². The van der Waals surface area contributed by atoms with Crippen LogP contribution in [0, 0.1) is 6.92 Å². The summed E-state index contributed by atoms with van der Waals surface area (Å²) >= 11 is 0. The average molecular weight is 504 g/mol. The summed E-state index contributed by atoms with van der Waals surface area (Å²) in [6.45, 7) is 1.70. The van der Waals surface area contributed by atoms with Gasteiger partial charge in [0, 0.05) is 12.6 Å². The van der Waals surface area contributed by atoms with Gasteiger partial charge in [-0.15, -0.1) is 0 Å². The largest absolute Gasteiger partial charge is 0.497 e. The van der Waals surface area contributed by atoms with Crippen molar-refractivity contribution >= 4 is 17.2 Å². The van der Waals surface area contributed by atoms with Gasteiger partial charge >= 0.3 is 0 Å². The third-order valence-electron chi connectivity index (χ3n) is 6.15. The van der Waals surface area contributed by atoms with Gasteiger partial charge in [0.05, 0.1) is 30.4 Å². The van der Waals surface area contributed by atoms with E-state index < -0.39 is 23.6 Å². The molecule has 3 heterocycles. The summed E-state index contributed by atoms with van der Waals surface area (Å²) in [6.07, 6.45) is -1.71. The van der Waals surface area contributed by atoms with E-state index in [2.05, 4.69) is 15.4 Å². The van der Waals surface area contributed by atoms with Crippen molar-refractivity contribution in [1.82, 2.24) is 24.0 Å². The lowest BCUT2D eigenvalue weighted by Gasteiger charge is -2.09. The van der Waals surface area contributed by atoms with Crippen molar-refractivity contribution < 1.29 is 18.3 Å². The molecule has 11 heteroatoms. The van der Waals surface area contributed by atoms with Gasteiger partial charge in [-0.05, 0) is 49.4 Å². The number of anilines is 1. The van der Waals surface area contributed by atoms with Crippen LogP contribution in [0.5, 0.6) is 5.75 Å². The van der Waals surface area contributed by atoms with Crippen LogP contribution >= 0.6 is 0 Å². The van der Waals surface area contributed by atoms with Gasteiger partial charge in [-0.25, -0.2) is 23.0 Å². The van der Waals surface area contributed by atoms with Crippen molar-refractivity contribution in [1.29, 1.82) is 0 Å². The second kappa shape index (κ2) is 9.34. The van der Waals surface area contributed by atoms with Crippen molar-refractivity contribution in [3.05, 3.63) is 94.2 Å². The highest BCUT2D eigenvalue weighted by atomic mass is 19.3. The smallest absolute Gasteiger partial charge is 0.295 e. The molecule has 0 atom stereocenters. The Labute approximate surface area is 209 Å². The SMILES string of the molecule is COc1ccc(-c2cc(C(F)F)n3ncc(C(=O)Nc4c(C)n(C)n(-c5ccccc5)c4=O)c3n2)cc1. The minimum absolute atomic E-state index is 0.0498. The highest BCUT2D eigenvalue weighted by Gasteiger charge is 2.24.